The van der Waals surface area contributed by atoms with E-state index in [1.807, 2.05) is 69.4 Å². The number of ether oxygens (including phenoxy) is 1. The second kappa shape index (κ2) is 9.42. The van der Waals surface area contributed by atoms with Gasteiger partial charge in [-0.1, -0.05) is 48.0 Å². The number of aromatic nitrogens is 3. The number of carbonyl (C=O) groups excluding carboxylic acids is 1. The zero-order valence-electron chi connectivity index (χ0n) is 19.4. The highest BCUT2D eigenvalue weighted by Gasteiger charge is 2.18. The number of carbonyl (C=O) groups is 1. The Bertz CT molecular complexity index is 1350. The molecule has 4 rings (SSSR count). The van der Waals surface area contributed by atoms with E-state index < -0.39 is 0 Å². The highest BCUT2D eigenvalue weighted by molar-refractivity contribution is 5.96. The van der Waals surface area contributed by atoms with Crippen LogP contribution in [-0.2, 0) is 22.6 Å². The quantitative estimate of drug-likeness (QED) is 0.466. The fraction of sp³-hybridized carbons (Fsp3) is 0.269. The molecule has 1 N–H and O–H groups in total. The molecule has 4 aromatic rings. The molecule has 0 aliphatic rings. The van der Waals surface area contributed by atoms with Crippen molar-refractivity contribution in [3.05, 3.63) is 82.0 Å². The summed E-state index contributed by atoms with van der Waals surface area (Å²) >= 11 is 0. The van der Waals surface area contributed by atoms with E-state index in [4.69, 9.17) is 4.74 Å². The average Bonchev–Trinajstić information content (AvgIpc) is 3.15. The number of hydrogen-bond donors (Lipinski definition) is 1. The number of nitrogens with zero attached hydrogens (tertiary/aromatic N) is 3. The summed E-state index contributed by atoms with van der Waals surface area (Å²) < 4.78 is 8.34. The van der Waals surface area contributed by atoms with Gasteiger partial charge in [-0.25, -0.2) is 4.98 Å². The van der Waals surface area contributed by atoms with Crippen LogP contribution in [0.5, 0.6) is 0 Å². The number of fused-ring (bicyclic) bond motifs is 1. The highest BCUT2D eigenvalue weighted by atomic mass is 16.5. The predicted molar refractivity (Wildman–Crippen MR) is 131 cm³/mol. The maximum Gasteiger partial charge on any atom is 0.277 e. The highest BCUT2D eigenvalue weighted by Crippen LogP contribution is 2.28. The SMILES string of the molecule is COCCn1cnc2c(-c3ccccc3)cn(CC(=O)Nc3c(C)cc(C)cc3C)c2c1=O. The van der Waals surface area contributed by atoms with Gasteiger partial charge in [0.15, 0.2) is 0 Å². The first-order valence-electron chi connectivity index (χ1n) is 10.9. The van der Waals surface area contributed by atoms with E-state index in [9.17, 15) is 9.59 Å². The maximum absolute atomic E-state index is 13.3. The van der Waals surface area contributed by atoms with Crippen LogP contribution in [0, 0.1) is 20.8 Å². The summed E-state index contributed by atoms with van der Waals surface area (Å²) in [6, 6.07) is 13.8. The number of rotatable bonds is 7. The first-order chi connectivity index (χ1) is 15.9. The monoisotopic (exact) mass is 444 g/mol. The van der Waals surface area contributed by atoms with Crippen molar-refractivity contribution in [2.75, 3.05) is 19.0 Å². The molecule has 0 saturated carbocycles. The van der Waals surface area contributed by atoms with Crippen LogP contribution in [0.3, 0.4) is 0 Å². The first-order valence-corrected chi connectivity index (χ1v) is 10.9. The van der Waals surface area contributed by atoms with Gasteiger partial charge < -0.3 is 14.6 Å². The molecular formula is C26H28N4O3. The second-order valence-electron chi connectivity index (χ2n) is 8.29. The summed E-state index contributed by atoms with van der Waals surface area (Å²) in [6.45, 7) is 6.77. The van der Waals surface area contributed by atoms with Crippen LogP contribution in [0.2, 0.25) is 0 Å². The van der Waals surface area contributed by atoms with Crippen LogP contribution in [-0.4, -0.2) is 33.7 Å². The lowest BCUT2D eigenvalue weighted by Gasteiger charge is -2.13. The minimum atomic E-state index is -0.201. The fourth-order valence-corrected chi connectivity index (χ4v) is 4.23. The Balaban J connectivity index is 1.76. The van der Waals surface area contributed by atoms with Gasteiger partial charge >= 0.3 is 0 Å². The molecule has 0 fully saturated rings. The van der Waals surface area contributed by atoms with E-state index in [-0.39, 0.29) is 18.0 Å². The smallest absolute Gasteiger partial charge is 0.277 e. The van der Waals surface area contributed by atoms with Crippen molar-refractivity contribution in [1.29, 1.82) is 0 Å². The number of anilines is 1. The number of benzene rings is 2. The van der Waals surface area contributed by atoms with Crippen molar-refractivity contribution in [1.82, 2.24) is 14.1 Å². The number of nitrogens with one attached hydrogen (secondary N) is 1. The van der Waals surface area contributed by atoms with Crippen molar-refractivity contribution in [2.24, 2.45) is 0 Å². The van der Waals surface area contributed by atoms with E-state index in [0.29, 0.717) is 24.2 Å². The standard InChI is InChI=1S/C26H28N4O3/c1-17-12-18(2)23(19(3)13-17)28-22(31)15-30-14-21(20-8-6-5-7-9-20)24-25(30)26(32)29(16-27-24)10-11-33-4/h5-9,12-14,16H,10-11,15H2,1-4H3,(H,28,31). The molecule has 7 nitrogen and oxygen atoms in total. The van der Waals surface area contributed by atoms with Crippen LogP contribution in [0.4, 0.5) is 5.69 Å². The summed E-state index contributed by atoms with van der Waals surface area (Å²) in [6.07, 6.45) is 3.38. The third-order valence-electron chi connectivity index (χ3n) is 5.72. The molecular weight excluding hydrogens is 416 g/mol. The Morgan fingerprint density at radius 3 is 2.42 bits per heavy atom. The zero-order valence-corrected chi connectivity index (χ0v) is 19.4. The van der Waals surface area contributed by atoms with Crippen LogP contribution >= 0.6 is 0 Å². The van der Waals surface area contributed by atoms with E-state index in [2.05, 4.69) is 10.3 Å². The van der Waals surface area contributed by atoms with Gasteiger partial charge in [0, 0.05) is 24.6 Å². The summed E-state index contributed by atoms with van der Waals surface area (Å²) in [4.78, 5) is 30.9. The van der Waals surface area contributed by atoms with Crippen LogP contribution in [0.15, 0.2) is 59.8 Å². The Morgan fingerprint density at radius 2 is 1.76 bits per heavy atom. The van der Waals surface area contributed by atoms with Gasteiger partial charge in [0.2, 0.25) is 5.91 Å². The van der Waals surface area contributed by atoms with Gasteiger partial charge in [0.05, 0.1) is 19.5 Å². The summed E-state index contributed by atoms with van der Waals surface area (Å²) in [5.41, 5.74) is 6.50. The lowest BCUT2D eigenvalue weighted by Crippen LogP contribution is -2.26. The average molecular weight is 445 g/mol. The van der Waals surface area contributed by atoms with E-state index in [1.54, 1.807) is 18.0 Å². The van der Waals surface area contributed by atoms with Gasteiger partial charge in [0.25, 0.3) is 5.56 Å². The number of methoxy groups -OCH3 is 1. The number of hydrogen-bond acceptors (Lipinski definition) is 4. The lowest BCUT2D eigenvalue weighted by atomic mass is 10.1. The maximum atomic E-state index is 13.3. The molecule has 2 aromatic carbocycles. The molecule has 0 radical (unpaired) electrons. The van der Waals surface area contributed by atoms with Crippen molar-refractivity contribution in [3.63, 3.8) is 0 Å². The third kappa shape index (κ3) is 4.59. The molecule has 0 saturated heterocycles. The molecule has 0 aliphatic heterocycles. The molecule has 7 heteroatoms. The minimum Gasteiger partial charge on any atom is -0.383 e. The lowest BCUT2D eigenvalue weighted by molar-refractivity contribution is -0.116. The Morgan fingerprint density at radius 1 is 1.06 bits per heavy atom. The van der Waals surface area contributed by atoms with E-state index >= 15 is 0 Å². The van der Waals surface area contributed by atoms with Gasteiger partial charge in [0.1, 0.15) is 17.6 Å². The molecule has 2 heterocycles. The van der Waals surface area contributed by atoms with Gasteiger partial charge in [-0.05, 0) is 37.5 Å². The Labute approximate surface area is 192 Å². The molecule has 0 bridgehead atoms. The largest absolute Gasteiger partial charge is 0.383 e. The number of aryl methyl sites for hydroxylation is 3. The molecule has 1 amide bonds. The molecule has 170 valence electrons. The Hall–Kier alpha value is -3.71. The van der Waals surface area contributed by atoms with Gasteiger partial charge in [-0.2, -0.15) is 0 Å². The van der Waals surface area contributed by atoms with Crippen molar-refractivity contribution in [3.8, 4) is 11.1 Å². The molecule has 2 aromatic heterocycles. The molecule has 0 spiro atoms. The number of amides is 1. The minimum absolute atomic E-state index is 0.00129. The topological polar surface area (TPSA) is 78.2 Å². The van der Waals surface area contributed by atoms with Crippen LogP contribution in [0.25, 0.3) is 22.2 Å². The summed E-state index contributed by atoms with van der Waals surface area (Å²) in [7, 11) is 1.59. The Kier molecular flexibility index (Phi) is 6.42. The van der Waals surface area contributed by atoms with Crippen molar-refractivity contribution >= 4 is 22.6 Å². The van der Waals surface area contributed by atoms with Gasteiger partial charge in [-0.15, -0.1) is 0 Å². The summed E-state index contributed by atoms with van der Waals surface area (Å²) in [5.74, 6) is -0.201. The van der Waals surface area contributed by atoms with Gasteiger partial charge in [-0.3, -0.25) is 14.2 Å². The summed E-state index contributed by atoms with van der Waals surface area (Å²) in [5, 5.41) is 3.03. The fourth-order valence-electron chi connectivity index (χ4n) is 4.23. The molecule has 0 aliphatic carbocycles. The van der Waals surface area contributed by atoms with Crippen LogP contribution < -0.4 is 10.9 Å². The van der Waals surface area contributed by atoms with Crippen LogP contribution in [0.1, 0.15) is 16.7 Å². The first kappa shape index (κ1) is 22.5. The normalized spacial score (nSPS) is 11.2. The molecule has 0 atom stereocenters. The zero-order chi connectivity index (χ0) is 23.5. The predicted octanol–water partition coefficient (Wildman–Crippen LogP) is 4.08. The van der Waals surface area contributed by atoms with E-state index in [1.165, 1.54) is 4.57 Å². The third-order valence-corrected chi connectivity index (χ3v) is 5.72. The molecule has 33 heavy (non-hydrogen) atoms. The molecule has 0 unspecified atom stereocenters. The van der Waals surface area contributed by atoms with E-state index in [0.717, 1.165) is 33.5 Å². The van der Waals surface area contributed by atoms with Crippen molar-refractivity contribution < 1.29 is 9.53 Å². The second-order valence-corrected chi connectivity index (χ2v) is 8.29. The van der Waals surface area contributed by atoms with Crippen molar-refractivity contribution in [2.45, 2.75) is 33.9 Å².